The molecule has 0 saturated heterocycles. The van der Waals surface area contributed by atoms with Crippen LogP contribution in [0, 0.1) is 0 Å². The summed E-state index contributed by atoms with van der Waals surface area (Å²) in [5.41, 5.74) is 17.2. The first-order chi connectivity index (χ1) is 29.5. The maximum Gasteiger partial charge on any atom is 0.113 e. The van der Waals surface area contributed by atoms with Gasteiger partial charge in [-0.05, 0) is 109 Å². The predicted molar refractivity (Wildman–Crippen MR) is 255 cm³/mol. The van der Waals surface area contributed by atoms with Gasteiger partial charge < -0.3 is 9.47 Å². The van der Waals surface area contributed by atoms with Crippen LogP contribution in [0.1, 0.15) is 22.3 Å². The Kier molecular flexibility index (Phi) is 7.63. The van der Waals surface area contributed by atoms with Crippen LogP contribution in [0.2, 0.25) is 13.1 Å². The maximum absolute atomic E-state index is 2.56. The maximum atomic E-state index is 2.56. The van der Waals surface area contributed by atoms with E-state index in [1.54, 1.807) is 0 Å². The zero-order chi connectivity index (χ0) is 40.0. The molecule has 1 aromatic heterocycles. The quantitative estimate of drug-likeness (QED) is 0.158. The number of rotatable bonds is 5. The highest BCUT2D eigenvalue weighted by molar-refractivity contribution is 7.01. The molecular weight excluding hydrogens is 741 g/mol. The molecule has 0 amide bonds. The molecule has 1 spiro atoms. The summed E-state index contributed by atoms with van der Waals surface area (Å²) < 4.78 is 2.54. The van der Waals surface area contributed by atoms with Crippen LogP contribution in [0.25, 0.3) is 49.7 Å². The minimum atomic E-state index is -2.11. The van der Waals surface area contributed by atoms with Crippen molar-refractivity contribution in [2.24, 2.45) is 0 Å². The van der Waals surface area contributed by atoms with Crippen molar-refractivity contribution in [1.29, 1.82) is 0 Å². The zero-order valence-electron chi connectivity index (χ0n) is 33.7. The van der Waals surface area contributed by atoms with Crippen LogP contribution in [0.5, 0.6) is 0 Å². The second-order valence-corrected chi connectivity index (χ2v) is 21.2. The number of aromatic nitrogens is 1. The largest absolute Gasteiger partial charge is 0.311 e. The monoisotopic (exact) mass is 782 g/mol. The normalized spacial score (nSPS) is 15.7. The molecule has 0 fully saturated rings. The lowest BCUT2D eigenvalue weighted by Gasteiger charge is -2.49. The molecule has 12 rings (SSSR count). The molecule has 0 bridgehead atoms. The van der Waals surface area contributed by atoms with Crippen LogP contribution < -0.4 is 15.3 Å². The molecule has 0 aliphatic carbocycles. The molecule has 9 aromatic carbocycles. The first-order valence-corrected chi connectivity index (χ1v) is 24.0. The second-order valence-electron chi connectivity index (χ2n) is 16.9. The SMILES string of the molecule is C[Si]1(C)c2ccccc2C2(c3ccccc3-n3c4ccccc4c4cccc2c43)c2cc(-c3ccc(-c4ccc(N(c5ccccc5)c5ccccc5)cc4)cc3)ccc21. The number of fused-ring (bicyclic) bond motifs is 11. The number of hydrogen-bond acceptors (Lipinski definition) is 1. The Morgan fingerprint density at radius 1 is 0.383 bits per heavy atom. The summed E-state index contributed by atoms with van der Waals surface area (Å²) in [7, 11) is -2.11. The average molecular weight is 783 g/mol. The van der Waals surface area contributed by atoms with Crippen LogP contribution in [0.4, 0.5) is 17.1 Å². The van der Waals surface area contributed by atoms with E-state index in [9.17, 15) is 0 Å². The summed E-state index contributed by atoms with van der Waals surface area (Å²) in [6, 6.07) is 81.3. The Labute approximate surface area is 352 Å². The first-order valence-electron chi connectivity index (χ1n) is 21.0. The molecule has 2 aliphatic heterocycles. The van der Waals surface area contributed by atoms with Crippen molar-refractivity contribution in [2.75, 3.05) is 4.90 Å². The number of benzene rings is 9. The van der Waals surface area contributed by atoms with Crippen molar-refractivity contribution in [3.8, 4) is 27.9 Å². The van der Waals surface area contributed by atoms with Crippen LogP contribution in [-0.4, -0.2) is 12.6 Å². The number of para-hydroxylation sites is 5. The van der Waals surface area contributed by atoms with Crippen LogP contribution in [0.15, 0.2) is 218 Å². The van der Waals surface area contributed by atoms with E-state index < -0.39 is 13.5 Å². The summed E-state index contributed by atoms with van der Waals surface area (Å²) >= 11 is 0. The molecule has 0 saturated carbocycles. The van der Waals surface area contributed by atoms with Crippen molar-refractivity contribution < 1.29 is 0 Å². The number of hydrogen-bond donors (Lipinski definition) is 0. The Balaban J connectivity index is 1.00. The van der Waals surface area contributed by atoms with E-state index >= 15 is 0 Å². The molecule has 10 aromatic rings. The van der Waals surface area contributed by atoms with E-state index in [0.717, 1.165) is 17.1 Å². The van der Waals surface area contributed by atoms with Crippen LogP contribution in [0.3, 0.4) is 0 Å². The smallest absolute Gasteiger partial charge is 0.113 e. The average Bonchev–Trinajstić information content (AvgIpc) is 3.65. The van der Waals surface area contributed by atoms with Gasteiger partial charge >= 0.3 is 0 Å². The van der Waals surface area contributed by atoms with Crippen molar-refractivity contribution in [3.63, 3.8) is 0 Å². The van der Waals surface area contributed by atoms with Gasteiger partial charge in [0.2, 0.25) is 0 Å². The molecule has 1 unspecified atom stereocenters. The third-order valence-corrected chi connectivity index (χ3v) is 17.0. The first kappa shape index (κ1) is 34.8. The lowest BCUT2D eigenvalue weighted by Crippen LogP contribution is -2.63. The summed E-state index contributed by atoms with van der Waals surface area (Å²) in [5.74, 6) is 0. The summed E-state index contributed by atoms with van der Waals surface area (Å²) in [5, 5.41) is 5.64. The Morgan fingerprint density at radius 3 is 1.60 bits per heavy atom. The summed E-state index contributed by atoms with van der Waals surface area (Å²) in [6.45, 7) is 5.09. The molecule has 3 heteroatoms. The van der Waals surface area contributed by atoms with E-state index in [2.05, 4.69) is 241 Å². The molecule has 2 nitrogen and oxygen atoms in total. The van der Waals surface area contributed by atoms with Gasteiger partial charge in [-0.25, -0.2) is 0 Å². The molecule has 0 N–H and O–H groups in total. The molecular formula is C57H42N2Si. The molecule has 1 atom stereocenters. The highest BCUT2D eigenvalue weighted by Crippen LogP contribution is 2.55. The lowest BCUT2D eigenvalue weighted by atomic mass is 9.62. The predicted octanol–water partition coefficient (Wildman–Crippen LogP) is 13.4. The van der Waals surface area contributed by atoms with Gasteiger partial charge in [0.1, 0.15) is 8.07 Å². The fraction of sp³-hybridized carbons (Fsp3) is 0.0526. The van der Waals surface area contributed by atoms with Gasteiger partial charge in [0, 0.05) is 27.8 Å². The molecule has 60 heavy (non-hydrogen) atoms. The molecule has 2 aliphatic rings. The lowest BCUT2D eigenvalue weighted by molar-refractivity contribution is 0.732. The number of nitrogens with zero attached hydrogens (tertiary/aromatic N) is 2. The topological polar surface area (TPSA) is 8.17 Å². The van der Waals surface area contributed by atoms with E-state index in [4.69, 9.17) is 0 Å². The molecule has 284 valence electrons. The summed E-state index contributed by atoms with van der Waals surface area (Å²) in [6.07, 6.45) is 0. The van der Waals surface area contributed by atoms with Crippen molar-refractivity contribution in [2.45, 2.75) is 18.5 Å². The van der Waals surface area contributed by atoms with Gasteiger partial charge in [0.05, 0.1) is 22.1 Å². The van der Waals surface area contributed by atoms with E-state index in [-0.39, 0.29) is 0 Å². The zero-order valence-corrected chi connectivity index (χ0v) is 34.7. The third-order valence-electron chi connectivity index (χ3n) is 13.5. The van der Waals surface area contributed by atoms with Gasteiger partial charge in [0.15, 0.2) is 0 Å². The summed E-state index contributed by atoms with van der Waals surface area (Å²) in [4.78, 5) is 2.31. The third kappa shape index (κ3) is 4.87. The van der Waals surface area contributed by atoms with E-state index in [1.807, 2.05) is 0 Å². The highest BCUT2D eigenvalue weighted by Gasteiger charge is 2.53. The van der Waals surface area contributed by atoms with Crippen LogP contribution in [-0.2, 0) is 5.41 Å². The Bertz CT molecular complexity index is 3230. The fourth-order valence-corrected chi connectivity index (χ4v) is 13.9. The van der Waals surface area contributed by atoms with Gasteiger partial charge in [-0.2, -0.15) is 0 Å². The van der Waals surface area contributed by atoms with Gasteiger partial charge in [-0.1, -0.05) is 177 Å². The Hall–Kier alpha value is -7.20. The minimum absolute atomic E-state index is 0.486. The fourth-order valence-electron chi connectivity index (χ4n) is 10.8. The van der Waals surface area contributed by atoms with E-state index in [0.29, 0.717) is 0 Å². The van der Waals surface area contributed by atoms with Gasteiger partial charge in [-0.3, -0.25) is 0 Å². The molecule has 3 heterocycles. The van der Waals surface area contributed by atoms with E-state index in [1.165, 1.54) is 82.4 Å². The van der Waals surface area contributed by atoms with Crippen LogP contribution >= 0.6 is 0 Å². The minimum Gasteiger partial charge on any atom is -0.311 e. The highest BCUT2D eigenvalue weighted by atomic mass is 28.3. The molecule has 0 radical (unpaired) electrons. The van der Waals surface area contributed by atoms with Crippen molar-refractivity contribution >= 4 is 57.3 Å². The van der Waals surface area contributed by atoms with Gasteiger partial charge in [-0.15, -0.1) is 0 Å². The second kappa shape index (κ2) is 13.2. The number of anilines is 3. The van der Waals surface area contributed by atoms with Gasteiger partial charge in [0.25, 0.3) is 0 Å². The standard InChI is InChI=1S/C57H42N2Si/c1-60(2)54-27-14-11-23-49(54)57(48-22-10-13-26-53(48)59-52-25-12-9-20-46(52)47-21-15-24-50(57)56(47)59)51-38-42(34-37-55(51)60)41-30-28-39(29-31-41)40-32-35-45(36-33-40)58(43-16-5-3-6-17-43)44-18-7-4-8-19-44/h3-38H,1-2H3. The Morgan fingerprint density at radius 2 is 0.883 bits per heavy atom. The van der Waals surface area contributed by atoms with Crippen molar-refractivity contribution in [1.82, 2.24) is 4.57 Å². The van der Waals surface area contributed by atoms with Crippen molar-refractivity contribution in [3.05, 3.63) is 241 Å².